The van der Waals surface area contributed by atoms with Crippen molar-refractivity contribution in [2.24, 2.45) is 23.5 Å². The van der Waals surface area contributed by atoms with Crippen LogP contribution >= 0.6 is 11.6 Å². The van der Waals surface area contributed by atoms with Crippen LogP contribution < -0.4 is 36.2 Å². The number of methoxy groups -OCH3 is 1. The molecular formula is C69H88ClN7O18. The van der Waals surface area contributed by atoms with Crippen LogP contribution in [0.5, 0.6) is 5.75 Å². The smallest absolute Gasteiger partial charge is 0.410 e. The van der Waals surface area contributed by atoms with Gasteiger partial charge in [0, 0.05) is 69.3 Å². The van der Waals surface area contributed by atoms with Crippen molar-refractivity contribution in [1.29, 1.82) is 0 Å². The minimum Gasteiger partial charge on any atom is -0.491 e. The average molecular weight is 1340 g/mol. The zero-order valence-electron chi connectivity index (χ0n) is 55.9. The molecule has 0 aliphatic carbocycles. The first-order valence-corrected chi connectivity index (χ1v) is 32.0. The summed E-state index contributed by atoms with van der Waals surface area (Å²) < 4.78 is 40.9. The Bertz CT molecular complexity index is 3460. The van der Waals surface area contributed by atoms with Crippen LogP contribution in [0.25, 0.3) is 0 Å². The number of fused-ring (bicyclic) bond motifs is 5. The van der Waals surface area contributed by atoms with E-state index in [1.807, 2.05) is 32.1 Å². The maximum absolute atomic E-state index is 14.4. The molecule has 4 aliphatic heterocycles. The van der Waals surface area contributed by atoms with E-state index in [-0.39, 0.29) is 82.6 Å². The third-order valence-electron chi connectivity index (χ3n) is 17.9. The van der Waals surface area contributed by atoms with Gasteiger partial charge in [0.25, 0.3) is 11.8 Å². The lowest BCUT2D eigenvalue weighted by molar-refractivity contribution is -0.187. The zero-order valence-corrected chi connectivity index (χ0v) is 56.6. The number of Topliss-reactive ketones (excluding diaryl/α,β-unsaturated/α-hetero) is 1. The predicted molar refractivity (Wildman–Crippen MR) is 351 cm³/mol. The molecule has 3 aromatic rings. The summed E-state index contributed by atoms with van der Waals surface area (Å²) >= 11 is 6.86. The Morgan fingerprint density at radius 2 is 1.61 bits per heavy atom. The van der Waals surface area contributed by atoms with Crippen molar-refractivity contribution in [3.8, 4) is 5.75 Å². The Labute approximate surface area is 558 Å². The number of allylic oxidation sites excluding steroid dienone is 3. The molecule has 4 bridgehead atoms. The van der Waals surface area contributed by atoms with Gasteiger partial charge in [0.15, 0.2) is 5.78 Å². The van der Waals surface area contributed by atoms with Crippen LogP contribution in [0.15, 0.2) is 95.6 Å². The minimum absolute atomic E-state index is 0.00802. The first-order chi connectivity index (χ1) is 44.8. The maximum atomic E-state index is 14.4. The van der Waals surface area contributed by atoms with Crippen LogP contribution in [0, 0.1) is 24.7 Å². The second kappa shape index (κ2) is 32.3. The molecule has 25 nitrogen and oxygen atoms in total. The average Bonchev–Trinajstić information content (AvgIpc) is 1.58. The number of aliphatic hydroxyl groups is 1. The monoisotopic (exact) mass is 1340 g/mol. The molecule has 10 atom stereocenters. The fourth-order valence-corrected chi connectivity index (χ4v) is 12.0. The summed E-state index contributed by atoms with van der Waals surface area (Å²) in [6, 6.07) is 13.5. The highest BCUT2D eigenvalue weighted by molar-refractivity contribution is 6.34. The number of anilines is 3. The van der Waals surface area contributed by atoms with E-state index in [1.165, 1.54) is 26.0 Å². The van der Waals surface area contributed by atoms with E-state index < -0.39 is 114 Å². The first kappa shape index (κ1) is 73.9. The number of carbonyl (C=O) groups is 10. The number of urea groups is 1. The van der Waals surface area contributed by atoms with Crippen molar-refractivity contribution < 1.29 is 86.2 Å². The highest BCUT2D eigenvalue weighted by Gasteiger charge is 2.64. The van der Waals surface area contributed by atoms with Gasteiger partial charge in [-0.05, 0) is 126 Å². The highest BCUT2D eigenvalue weighted by atomic mass is 35.5. The lowest BCUT2D eigenvalue weighted by Crippen LogP contribution is -2.53. The fourth-order valence-electron chi connectivity index (χ4n) is 11.8. The maximum Gasteiger partial charge on any atom is 0.410 e. The highest BCUT2D eigenvalue weighted by Crippen LogP contribution is 2.50. The van der Waals surface area contributed by atoms with E-state index in [2.05, 4.69) is 16.0 Å². The number of ether oxygens (including phenoxy) is 7. The summed E-state index contributed by atoms with van der Waals surface area (Å²) in [5.74, 6) is -5.72. The molecule has 4 aliphatic rings. The number of nitrogens with zero attached hydrogens (tertiary/aromatic N) is 3. The van der Waals surface area contributed by atoms with Gasteiger partial charge in [-0.1, -0.05) is 74.4 Å². The van der Waals surface area contributed by atoms with E-state index in [1.54, 1.807) is 109 Å². The second-order valence-electron chi connectivity index (χ2n) is 25.4. The number of esters is 2. The molecule has 0 unspecified atom stereocenters. The van der Waals surface area contributed by atoms with E-state index >= 15 is 0 Å². The number of imide groups is 1. The minimum atomic E-state index is -1.65. The summed E-state index contributed by atoms with van der Waals surface area (Å²) in [5, 5.41) is 20.4. The number of hydrogen-bond acceptors (Lipinski definition) is 18. The van der Waals surface area contributed by atoms with Gasteiger partial charge in [-0.15, -0.1) is 0 Å². The number of likely N-dealkylation sites (N-methyl/N-ethyl adjacent to an activating group) is 1. The number of ketones is 1. The summed E-state index contributed by atoms with van der Waals surface area (Å²) in [7, 11) is 4.37. The number of primary amides is 1. The van der Waals surface area contributed by atoms with Crippen molar-refractivity contribution >= 4 is 88.0 Å². The van der Waals surface area contributed by atoms with Crippen LogP contribution in [0.1, 0.15) is 111 Å². The number of nitrogens with one attached hydrogen (secondary N) is 3. The van der Waals surface area contributed by atoms with Gasteiger partial charge < -0.3 is 64.8 Å². The third kappa shape index (κ3) is 18.7. The number of nitrogens with two attached hydrogens (primary N) is 1. The number of hydrogen-bond donors (Lipinski definition) is 5. The molecule has 26 heteroatoms. The lowest BCUT2D eigenvalue weighted by atomic mass is 9.78. The van der Waals surface area contributed by atoms with E-state index in [4.69, 9.17) is 50.5 Å². The molecule has 514 valence electrons. The molecule has 0 spiro atoms. The van der Waals surface area contributed by atoms with E-state index in [9.17, 15) is 53.1 Å². The Morgan fingerprint density at radius 3 is 2.25 bits per heavy atom. The quantitative estimate of drug-likeness (QED) is 0.0193. The second-order valence-corrected chi connectivity index (χ2v) is 25.7. The first-order valence-electron chi connectivity index (χ1n) is 31.6. The van der Waals surface area contributed by atoms with Crippen molar-refractivity contribution in [3.63, 3.8) is 0 Å². The fraction of sp³-hybridized carbons (Fsp3) is 0.507. The summed E-state index contributed by atoms with van der Waals surface area (Å²) in [6.07, 6.45) is 0.627. The molecule has 0 aromatic heterocycles. The van der Waals surface area contributed by atoms with Crippen LogP contribution in [0.3, 0.4) is 0 Å². The SMILES string of the molecule is CO[C@@H]1/C=C/C=C(\C)Cc2cc(C)c(Cl)c(c2)N(C)C(=O)C[C@H](OC(=O)[C@H](C)N(C)C(=O)OCc2ccc(NC(=O)[C@H](CCCNC(N)=O)CC(=O)[C@@H](NC(=O)COCCOc3ccc(N4C(=O)C(C)=C(C)C4=O)cc3)C(C)C)cc2)[C@]2(C)O[C@H]2[C@H](C)[C@@H]2C[C@@]1(O)CC(=O)O2. The number of carbonyl (C=O) groups excluding carboxylic acids is 10. The summed E-state index contributed by atoms with van der Waals surface area (Å²) in [4.78, 5) is 137. The Balaban J connectivity index is 0.939. The molecule has 0 radical (unpaired) electrons. The Morgan fingerprint density at radius 1 is 0.937 bits per heavy atom. The Hall–Kier alpha value is -8.49. The molecular weight excluding hydrogens is 1250 g/mol. The number of epoxide rings is 1. The molecule has 0 saturated carbocycles. The van der Waals surface area contributed by atoms with Gasteiger partial charge in [0.2, 0.25) is 17.7 Å². The summed E-state index contributed by atoms with van der Waals surface area (Å²) in [6.45, 7) is 14.9. The van der Waals surface area contributed by atoms with Crippen molar-refractivity contribution in [2.45, 2.75) is 162 Å². The molecule has 3 aromatic carbocycles. The zero-order chi connectivity index (χ0) is 69.8. The summed E-state index contributed by atoms with van der Waals surface area (Å²) in [5.41, 5.74) is 7.26. The normalized spacial score (nSPS) is 24.1. The molecule has 8 amide bonds. The van der Waals surface area contributed by atoms with Crippen molar-refractivity contribution in [2.75, 3.05) is 62.7 Å². The predicted octanol–water partition coefficient (Wildman–Crippen LogP) is 7.28. The number of benzene rings is 3. The molecule has 95 heavy (non-hydrogen) atoms. The van der Waals surface area contributed by atoms with Crippen molar-refractivity contribution in [1.82, 2.24) is 15.5 Å². The molecule has 6 N–H and O–H groups in total. The van der Waals surface area contributed by atoms with Gasteiger partial charge >= 0.3 is 24.1 Å². The van der Waals surface area contributed by atoms with Gasteiger partial charge in [0.1, 0.15) is 61.1 Å². The van der Waals surface area contributed by atoms with Gasteiger partial charge in [0.05, 0.1) is 48.0 Å². The number of amides is 8. The third-order valence-corrected chi connectivity index (χ3v) is 18.4. The number of aryl methyl sites for hydroxylation is 1. The standard InChI is InChI=1S/C69H88ClN7O18/c1-38(2)60(74-56(79)37-90-27-28-91-50-24-22-49(23-25-50)77-63(83)41(5)42(6)64(77)84)52(78)32-47(16-14-26-72-66(71)86)62(82)73-48-20-18-45(19-21-48)36-92-67(87)75(10)44(8)65(85)94-55-33-57(80)76(11)51-31-46(30-40(4)59(51)70)29-39(3)15-13-17-54(89-12)69(88)34-53(93-58(81)35-69)43(7)61-68(55,9)95-61/h13,15,17-25,30-31,38,43-44,47,53-55,60-61,88H,14,16,26-29,32-37H2,1-12H3,(H,73,82)(H,74,79)(H3,71,72,86)/b17-13+,39-15+/t43-,44+,47-,53+,54-,55+,60+,61+,68+,69-/m1/s1. The van der Waals surface area contributed by atoms with Crippen LogP contribution in [0.4, 0.5) is 26.7 Å². The van der Waals surface area contributed by atoms with Crippen LogP contribution in [0.2, 0.25) is 5.02 Å². The van der Waals surface area contributed by atoms with Crippen LogP contribution in [-0.4, -0.2) is 165 Å². The largest absolute Gasteiger partial charge is 0.491 e. The molecule has 7 rings (SSSR count). The molecule has 4 heterocycles. The number of halogens is 1. The lowest BCUT2D eigenvalue weighted by Gasteiger charge is -2.41. The van der Waals surface area contributed by atoms with E-state index in [0.29, 0.717) is 51.0 Å². The topological polar surface area (TPSA) is 331 Å². The van der Waals surface area contributed by atoms with Gasteiger partial charge in [-0.3, -0.25) is 38.5 Å². The van der Waals surface area contributed by atoms with Crippen LogP contribution in [-0.2, 0) is 79.8 Å². The van der Waals surface area contributed by atoms with Gasteiger partial charge in [-0.25, -0.2) is 19.3 Å². The molecule has 2 fully saturated rings. The van der Waals surface area contributed by atoms with Gasteiger partial charge in [-0.2, -0.15) is 0 Å². The van der Waals surface area contributed by atoms with Crippen molar-refractivity contribution in [3.05, 3.63) is 117 Å². The molecule has 2 saturated heterocycles. The number of rotatable bonds is 24. The van der Waals surface area contributed by atoms with E-state index in [0.717, 1.165) is 26.5 Å². The Kier molecular flexibility index (Phi) is 25.1.